The van der Waals surface area contributed by atoms with Crippen molar-refractivity contribution in [1.29, 1.82) is 0 Å². The standard InChI is InChI=1S/C11H10ClNO/c1-7(14)10-8-5-3-4-6-9(8)13(2)11(10)12/h3-6H,1-2H3. The zero-order chi connectivity index (χ0) is 10.3. The molecule has 0 N–H and O–H groups in total. The van der Waals surface area contributed by atoms with E-state index in [0.717, 1.165) is 10.9 Å². The molecule has 0 aliphatic heterocycles. The zero-order valence-electron chi connectivity index (χ0n) is 8.04. The second-order valence-corrected chi connectivity index (χ2v) is 3.66. The predicted octanol–water partition coefficient (Wildman–Crippen LogP) is 3.03. The number of hydrogen-bond acceptors (Lipinski definition) is 1. The fourth-order valence-corrected chi connectivity index (χ4v) is 2.02. The number of carbonyl (C=O) groups is 1. The van der Waals surface area contributed by atoms with E-state index in [2.05, 4.69) is 0 Å². The minimum Gasteiger partial charge on any atom is -0.334 e. The van der Waals surface area contributed by atoms with E-state index in [4.69, 9.17) is 11.6 Å². The maximum absolute atomic E-state index is 11.4. The first-order valence-corrected chi connectivity index (χ1v) is 4.74. The third-order valence-electron chi connectivity index (χ3n) is 2.39. The van der Waals surface area contributed by atoms with Gasteiger partial charge in [-0.1, -0.05) is 29.8 Å². The van der Waals surface area contributed by atoms with Crippen molar-refractivity contribution in [3.63, 3.8) is 0 Å². The van der Waals surface area contributed by atoms with Gasteiger partial charge in [0.05, 0.1) is 5.56 Å². The Morgan fingerprint density at radius 2 is 2.00 bits per heavy atom. The molecule has 0 fully saturated rings. The molecule has 0 bridgehead atoms. The van der Waals surface area contributed by atoms with Crippen LogP contribution in [-0.2, 0) is 7.05 Å². The van der Waals surface area contributed by atoms with Crippen molar-refractivity contribution < 1.29 is 4.79 Å². The molecule has 0 amide bonds. The summed E-state index contributed by atoms with van der Waals surface area (Å²) in [4.78, 5) is 11.4. The molecule has 0 aliphatic carbocycles. The Bertz CT molecular complexity index is 513. The van der Waals surface area contributed by atoms with Gasteiger partial charge in [0.15, 0.2) is 5.78 Å². The van der Waals surface area contributed by atoms with Crippen LogP contribution in [0.5, 0.6) is 0 Å². The molecule has 2 rings (SSSR count). The van der Waals surface area contributed by atoms with Gasteiger partial charge in [0.2, 0.25) is 0 Å². The van der Waals surface area contributed by atoms with Gasteiger partial charge in [-0.05, 0) is 13.0 Å². The lowest BCUT2D eigenvalue weighted by Crippen LogP contribution is -1.92. The number of halogens is 1. The highest BCUT2D eigenvalue weighted by Gasteiger charge is 2.15. The van der Waals surface area contributed by atoms with Crippen LogP contribution >= 0.6 is 11.6 Å². The Morgan fingerprint density at radius 3 is 2.64 bits per heavy atom. The molecule has 3 heteroatoms. The smallest absolute Gasteiger partial charge is 0.163 e. The molecular weight excluding hydrogens is 198 g/mol. The molecule has 0 saturated heterocycles. The molecule has 0 aliphatic rings. The lowest BCUT2D eigenvalue weighted by Gasteiger charge is -1.95. The van der Waals surface area contributed by atoms with Gasteiger partial charge in [-0.3, -0.25) is 4.79 Å². The third kappa shape index (κ3) is 1.15. The normalized spacial score (nSPS) is 10.8. The largest absolute Gasteiger partial charge is 0.334 e. The number of nitrogens with zero attached hydrogens (tertiary/aromatic N) is 1. The molecule has 2 nitrogen and oxygen atoms in total. The van der Waals surface area contributed by atoms with Crippen LogP contribution in [-0.4, -0.2) is 10.4 Å². The van der Waals surface area contributed by atoms with Gasteiger partial charge in [-0.15, -0.1) is 0 Å². The number of aromatic nitrogens is 1. The minimum absolute atomic E-state index is 0.00630. The molecular formula is C11H10ClNO. The number of benzene rings is 1. The minimum atomic E-state index is 0.00630. The third-order valence-corrected chi connectivity index (χ3v) is 2.83. The Labute approximate surface area is 87.1 Å². The fraction of sp³-hybridized carbons (Fsp3) is 0.182. The topological polar surface area (TPSA) is 22.0 Å². The summed E-state index contributed by atoms with van der Waals surface area (Å²) in [5, 5.41) is 1.44. The maximum Gasteiger partial charge on any atom is 0.163 e. The molecule has 2 aromatic rings. The van der Waals surface area contributed by atoms with Gasteiger partial charge in [-0.2, -0.15) is 0 Å². The zero-order valence-corrected chi connectivity index (χ0v) is 8.80. The number of hydrogen-bond donors (Lipinski definition) is 0. The van der Waals surface area contributed by atoms with Crippen LogP contribution in [0.15, 0.2) is 24.3 Å². The Balaban J connectivity index is 2.95. The van der Waals surface area contributed by atoms with Gasteiger partial charge >= 0.3 is 0 Å². The first kappa shape index (κ1) is 9.28. The molecule has 0 unspecified atom stereocenters. The van der Waals surface area contributed by atoms with E-state index in [1.54, 1.807) is 0 Å². The molecule has 1 heterocycles. The van der Waals surface area contributed by atoms with Crippen LogP contribution in [0.25, 0.3) is 10.9 Å². The fourth-order valence-electron chi connectivity index (χ4n) is 1.70. The first-order chi connectivity index (χ1) is 6.63. The van der Waals surface area contributed by atoms with E-state index in [-0.39, 0.29) is 5.78 Å². The van der Waals surface area contributed by atoms with Crippen molar-refractivity contribution >= 4 is 28.3 Å². The molecule has 0 radical (unpaired) electrons. The summed E-state index contributed by atoms with van der Waals surface area (Å²) in [6.07, 6.45) is 0. The SMILES string of the molecule is CC(=O)c1c(Cl)n(C)c2ccccc12. The van der Waals surface area contributed by atoms with Crippen LogP contribution < -0.4 is 0 Å². The lowest BCUT2D eigenvalue weighted by molar-refractivity contribution is 0.101. The van der Waals surface area contributed by atoms with E-state index in [0.29, 0.717) is 10.7 Å². The van der Waals surface area contributed by atoms with Crippen molar-refractivity contribution in [1.82, 2.24) is 4.57 Å². The summed E-state index contributed by atoms with van der Waals surface area (Å²) in [5.74, 6) is 0.00630. The van der Waals surface area contributed by atoms with E-state index in [1.807, 2.05) is 35.9 Å². The predicted molar refractivity (Wildman–Crippen MR) is 57.9 cm³/mol. The van der Waals surface area contributed by atoms with Gasteiger partial charge in [0.1, 0.15) is 5.15 Å². The van der Waals surface area contributed by atoms with Crippen LogP contribution in [0.2, 0.25) is 5.15 Å². The average molecular weight is 208 g/mol. The van der Waals surface area contributed by atoms with E-state index >= 15 is 0 Å². The summed E-state index contributed by atoms with van der Waals surface area (Å²) in [7, 11) is 1.86. The van der Waals surface area contributed by atoms with Crippen molar-refractivity contribution in [2.24, 2.45) is 7.05 Å². The van der Waals surface area contributed by atoms with Crippen molar-refractivity contribution in [3.05, 3.63) is 35.0 Å². The second kappa shape index (κ2) is 3.14. The summed E-state index contributed by atoms with van der Waals surface area (Å²) >= 11 is 6.07. The molecule has 1 aromatic heterocycles. The first-order valence-electron chi connectivity index (χ1n) is 4.36. The highest BCUT2D eigenvalue weighted by molar-refractivity contribution is 6.35. The summed E-state index contributed by atoms with van der Waals surface area (Å²) in [5.41, 5.74) is 1.60. The monoisotopic (exact) mass is 207 g/mol. The molecule has 0 atom stereocenters. The van der Waals surface area contributed by atoms with E-state index in [9.17, 15) is 4.79 Å². The van der Waals surface area contributed by atoms with Crippen LogP contribution in [0.1, 0.15) is 17.3 Å². The van der Waals surface area contributed by atoms with Crippen molar-refractivity contribution in [2.75, 3.05) is 0 Å². The Kier molecular flexibility index (Phi) is 2.08. The number of Topliss-reactive ketones (excluding diaryl/α,β-unsaturated/α-hetero) is 1. The average Bonchev–Trinajstić information content (AvgIpc) is 2.41. The lowest BCUT2D eigenvalue weighted by atomic mass is 10.1. The number of aryl methyl sites for hydroxylation is 1. The van der Waals surface area contributed by atoms with Crippen LogP contribution in [0, 0.1) is 0 Å². The number of fused-ring (bicyclic) bond motifs is 1. The van der Waals surface area contributed by atoms with Crippen molar-refractivity contribution in [3.8, 4) is 0 Å². The quantitative estimate of drug-likeness (QED) is 0.659. The Morgan fingerprint density at radius 1 is 1.36 bits per heavy atom. The molecule has 1 aromatic carbocycles. The summed E-state index contributed by atoms with van der Waals surface area (Å²) in [6, 6.07) is 7.71. The van der Waals surface area contributed by atoms with E-state index in [1.165, 1.54) is 6.92 Å². The van der Waals surface area contributed by atoms with E-state index < -0.39 is 0 Å². The number of para-hydroxylation sites is 1. The summed E-state index contributed by atoms with van der Waals surface area (Å²) in [6.45, 7) is 1.54. The van der Waals surface area contributed by atoms with Gasteiger partial charge in [0.25, 0.3) is 0 Å². The second-order valence-electron chi connectivity index (χ2n) is 3.30. The number of ketones is 1. The molecule has 0 saturated carbocycles. The van der Waals surface area contributed by atoms with Crippen LogP contribution in [0.3, 0.4) is 0 Å². The van der Waals surface area contributed by atoms with Crippen LogP contribution in [0.4, 0.5) is 0 Å². The molecule has 0 spiro atoms. The maximum atomic E-state index is 11.4. The highest BCUT2D eigenvalue weighted by Crippen LogP contribution is 2.28. The van der Waals surface area contributed by atoms with Gasteiger partial charge < -0.3 is 4.57 Å². The molecule has 14 heavy (non-hydrogen) atoms. The van der Waals surface area contributed by atoms with Gasteiger partial charge in [-0.25, -0.2) is 0 Å². The highest BCUT2D eigenvalue weighted by atomic mass is 35.5. The van der Waals surface area contributed by atoms with Gasteiger partial charge in [0, 0.05) is 18.0 Å². The Hall–Kier alpha value is -1.28. The number of carbonyl (C=O) groups excluding carboxylic acids is 1. The number of rotatable bonds is 1. The summed E-state index contributed by atoms with van der Waals surface area (Å²) < 4.78 is 1.83. The molecule has 72 valence electrons. The van der Waals surface area contributed by atoms with Crippen molar-refractivity contribution in [2.45, 2.75) is 6.92 Å².